The van der Waals surface area contributed by atoms with Crippen LogP contribution in [0, 0.1) is 12.3 Å². The Kier molecular flexibility index (Phi) is 9.24. The molecule has 1 N–H and O–H groups in total. The smallest absolute Gasteiger partial charge is 0.158 e. The number of ether oxygens (including phenoxy) is 2. The number of hydrogen-bond donors (Lipinski definition) is 1. The maximum atomic E-state index is 9.75. The van der Waals surface area contributed by atoms with Crippen LogP contribution in [0.2, 0.25) is 0 Å². The van der Waals surface area contributed by atoms with Crippen molar-refractivity contribution in [2.24, 2.45) is 0 Å². The lowest BCUT2D eigenvalue weighted by atomic mass is 10.00. The molecule has 0 aromatic rings. The molecule has 1 saturated heterocycles. The Morgan fingerprint density at radius 3 is 2.70 bits per heavy atom. The first-order chi connectivity index (χ1) is 10.9. The van der Waals surface area contributed by atoms with E-state index in [1.807, 2.05) is 0 Å². The fourth-order valence-electron chi connectivity index (χ4n) is 2.45. The largest absolute Gasteiger partial charge is 0.378 e. The van der Waals surface area contributed by atoms with Crippen molar-refractivity contribution in [1.29, 1.82) is 0 Å². The minimum absolute atomic E-state index is 0.0160. The second kappa shape index (κ2) is 10.6. The molecule has 3 heteroatoms. The first-order valence-corrected chi connectivity index (χ1v) is 8.67. The van der Waals surface area contributed by atoms with E-state index in [2.05, 4.69) is 31.9 Å². The highest BCUT2D eigenvalue weighted by molar-refractivity contribution is 5.07. The molecule has 0 radical (unpaired) electrons. The van der Waals surface area contributed by atoms with E-state index in [4.69, 9.17) is 15.9 Å². The summed E-state index contributed by atoms with van der Waals surface area (Å²) in [6.45, 7) is 7.38. The van der Waals surface area contributed by atoms with Crippen LogP contribution in [0.1, 0.15) is 65.7 Å². The van der Waals surface area contributed by atoms with E-state index in [9.17, 15) is 5.11 Å². The van der Waals surface area contributed by atoms with Gasteiger partial charge in [-0.15, -0.1) is 6.42 Å². The zero-order valence-corrected chi connectivity index (χ0v) is 14.9. The third-order valence-corrected chi connectivity index (χ3v) is 4.10. The standard InChI is InChI=1S/C20H32O3/c1-5-20(4,21)14-9-12-17(2)10-8-11-18(3)16-23-19-13-6-7-15-22-19/h1,11-12,19,21H,6-10,13-16H2,2-4H3/b17-12+,18-11+. The molecule has 1 aliphatic heterocycles. The minimum atomic E-state index is -0.994. The van der Waals surface area contributed by atoms with Crippen LogP contribution < -0.4 is 0 Å². The monoisotopic (exact) mass is 320 g/mol. The van der Waals surface area contributed by atoms with E-state index in [-0.39, 0.29) is 6.29 Å². The summed E-state index contributed by atoms with van der Waals surface area (Å²) in [5.74, 6) is 2.41. The van der Waals surface area contributed by atoms with Crippen molar-refractivity contribution in [3.8, 4) is 12.3 Å². The lowest BCUT2D eigenvalue weighted by Gasteiger charge is -2.22. The first-order valence-electron chi connectivity index (χ1n) is 8.67. The van der Waals surface area contributed by atoms with Gasteiger partial charge in [0.15, 0.2) is 6.29 Å². The lowest BCUT2D eigenvalue weighted by Crippen LogP contribution is -2.22. The van der Waals surface area contributed by atoms with Crippen LogP contribution in [0.4, 0.5) is 0 Å². The predicted molar refractivity (Wildman–Crippen MR) is 95.0 cm³/mol. The van der Waals surface area contributed by atoms with Gasteiger partial charge in [-0.1, -0.05) is 29.2 Å². The molecular formula is C20H32O3. The Morgan fingerprint density at radius 1 is 1.30 bits per heavy atom. The first kappa shape index (κ1) is 20.0. The SMILES string of the molecule is C#CC(C)(O)CC/C=C(\C)CC/C=C(\C)COC1CCCCO1. The molecule has 2 unspecified atom stereocenters. The van der Waals surface area contributed by atoms with Crippen molar-refractivity contribution < 1.29 is 14.6 Å². The third kappa shape index (κ3) is 9.61. The minimum Gasteiger partial charge on any atom is -0.378 e. The summed E-state index contributed by atoms with van der Waals surface area (Å²) in [6.07, 6.45) is 16.5. The van der Waals surface area contributed by atoms with E-state index >= 15 is 0 Å². The summed E-state index contributed by atoms with van der Waals surface area (Å²) in [5.41, 5.74) is 1.59. The molecule has 2 atom stereocenters. The number of hydrogen-bond acceptors (Lipinski definition) is 3. The highest BCUT2D eigenvalue weighted by Gasteiger charge is 2.14. The van der Waals surface area contributed by atoms with E-state index < -0.39 is 5.60 Å². The normalized spacial score (nSPS) is 22.5. The van der Waals surface area contributed by atoms with E-state index in [0.717, 1.165) is 38.7 Å². The van der Waals surface area contributed by atoms with Crippen molar-refractivity contribution in [1.82, 2.24) is 0 Å². The Balaban J connectivity index is 2.18. The average molecular weight is 320 g/mol. The zero-order chi connectivity index (χ0) is 17.1. The van der Waals surface area contributed by atoms with Crippen LogP contribution in [0.5, 0.6) is 0 Å². The van der Waals surface area contributed by atoms with Crippen LogP contribution in [-0.2, 0) is 9.47 Å². The van der Waals surface area contributed by atoms with Gasteiger partial charge >= 0.3 is 0 Å². The van der Waals surface area contributed by atoms with E-state index in [1.165, 1.54) is 17.6 Å². The van der Waals surface area contributed by atoms with Crippen LogP contribution in [0.25, 0.3) is 0 Å². The summed E-state index contributed by atoms with van der Waals surface area (Å²) >= 11 is 0. The molecule has 23 heavy (non-hydrogen) atoms. The van der Waals surface area contributed by atoms with Gasteiger partial charge in [0, 0.05) is 6.61 Å². The van der Waals surface area contributed by atoms with Crippen LogP contribution in [0.3, 0.4) is 0 Å². The van der Waals surface area contributed by atoms with Gasteiger partial charge in [0.05, 0.1) is 6.61 Å². The second-order valence-corrected chi connectivity index (χ2v) is 6.70. The van der Waals surface area contributed by atoms with Crippen LogP contribution >= 0.6 is 0 Å². The van der Waals surface area contributed by atoms with Gasteiger partial charge < -0.3 is 14.6 Å². The lowest BCUT2D eigenvalue weighted by molar-refractivity contribution is -0.156. The summed E-state index contributed by atoms with van der Waals surface area (Å²) in [6, 6.07) is 0. The molecule has 1 fully saturated rings. The van der Waals surface area contributed by atoms with Gasteiger partial charge in [-0.25, -0.2) is 0 Å². The summed E-state index contributed by atoms with van der Waals surface area (Å²) < 4.78 is 11.3. The fourth-order valence-corrected chi connectivity index (χ4v) is 2.45. The summed E-state index contributed by atoms with van der Waals surface area (Å²) in [4.78, 5) is 0. The highest BCUT2D eigenvalue weighted by atomic mass is 16.7. The molecule has 1 aliphatic rings. The summed E-state index contributed by atoms with van der Waals surface area (Å²) in [5, 5.41) is 9.75. The predicted octanol–water partition coefficient (Wildman–Crippen LogP) is 4.37. The van der Waals surface area contributed by atoms with Gasteiger partial charge in [-0.3, -0.25) is 0 Å². The molecular weight excluding hydrogens is 288 g/mol. The number of aliphatic hydroxyl groups is 1. The molecule has 0 aromatic heterocycles. The van der Waals surface area contributed by atoms with E-state index in [0.29, 0.717) is 13.0 Å². The number of allylic oxidation sites excluding steroid dienone is 3. The van der Waals surface area contributed by atoms with Crippen molar-refractivity contribution >= 4 is 0 Å². The van der Waals surface area contributed by atoms with Crippen molar-refractivity contribution in [2.45, 2.75) is 77.6 Å². The van der Waals surface area contributed by atoms with Gasteiger partial charge in [-0.05, 0) is 65.7 Å². The van der Waals surface area contributed by atoms with Gasteiger partial charge in [0.1, 0.15) is 5.60 Å². The summed E-state index contributed by atoms with van der Waals surface area (Å²) in [7, 11) is 0. The molecule has 0 aromatic carbocycles. The Hall–Kier alpha value is -1.08. The van der Waals surface area contributed by atoms with Crippen molar-refractivity contribution in [3.05, 3.63) is 23.3 Å². The third-order valence-electron chi connectivity index (χ3n) is 4.10. The quantitative estimate of drug-likeness (QED) is 0.506. The van der Waals surface area contributed by atoms with Crippen molar-refractivity contribution in [3.63, 3.8) is 0 Å². The molecule has 1 heterocycles. The van der Waals surface area contributed by atoms with Gasteiger partial charge in [-0.2, -0.15) is 0 Å². The maximum Gasteiger partial charge on any atom is 0.158 e. The number of terminal acetylenes is 1. The van der Waals surface area contributed by atoms with Crippen molar-refractivity contribution in [2.75, 3.05) is 13.2 Å². The molecule has 0 bridgehead atoms. The second-order valence-electron chi connectivity index (χ2n) is 6.70. The Bertz CT molecular complexity index is 434. The molecule has 1 rings (SSSR count). The molecule has 0 saturated carbocycles. The number of rotatable bonds is 9. The highest BCUT2D eigenvalue weighted by Crippen LogP contribution is 2.16. The van der Waals surface area contributed by atoms with Gasteiger partial charge in [0.25, 0.3) is 0 Å². The fraction of sp³-hybridized carbons (Fsp3) is 0.700. The van der Waals surface area contributed by atoms with Gasteiger partial charge in [0.2, 0.25) is 0 Å². The molecule has 130 valence electrons. The topological polar surface area (TPSA) is 38.7 Å². The Morgan fingerprint density at radius 2 is 2.04 bits per heavy atom. The Labute approximate surface area is 141 Å². The average Bonchev–Trinajstić information content (AvgIpc) is 2.54. The van der Waals surface area contributed by atoms with E-state index in [1.54, 1.807) is 6.92 Å². The van der Waals surface area contributed by atoms with Crippen LogP contribution in [0.15, 0.2) is 23.3 Å². The zero-order valence-electron chi connectivity index (χ0n) is 14.9. The van der Waals surface area contributed by atoms with Crippen LogP contribution in [-0.4, -0.2) is 30.2 Å². The molecule has 0 aliphatic carbocycles. The molecule has 0 spiro atoms. The molecule has 3 nitrogen and oxygen atoms in total. The molecule has 0 amide bonds. The maximum absolute atomic E-state index is 9.75.